The summed E-state index contributed by atoms with van der Waals surface area (Å²) in [7, 11) is 0. The normalized spacial score (nSPS) is 18.3. The first-order valence-corrected chi connectivity index (χ1v) is 14.9. The molecule has 2 aliphatic rings. The van der Waals surface area contributed by atoms with Gasteiger partial charge in [-0.1, -0.05) is 72.8 Å². The molecule has 0 fully saturated rings. The summed E-state index contributed by atoms with van der Waals surface area (Å²) in [5.74, 6) is -1.94. The number of aryl methyl sites for hydroxylation is 1. The van der Waals surface area contributed by atoms with Gasteiger partial charge in [0.05, 0.1) is 23.3 Å². The van der Waals surface area contributed by atoms with Crippen molar-refractivity contribution in [3.05, 3.63) is 87.1 Å². The number of rotatable bonds is 6. The largest absolute Gasteiger partial charge is 0.384 e. The monoisotopic (exact) mass is 608 g/mol. The molecule has 1 aromatic heterocycles. The molecule has 0 saturated carbocycles. The van der Waals surface area contributed by atoms with Crippen LogP contribution in [0.5, 0.6) is 0 Å². The Morgan fingerprint density at radius 2 is 2.02 bits per heavy atom. The summed E-state index contributed by atoms with van der Waals surface area (Å²) in [6.07, 6.45) is 0.644. The number of nitriles is 1. The molecule has 1 aliphatic carbocycles. The molecule has 210 valence electrons. The second-order valence-electron chi connectivity index (χ2n) is 10.6. The van der Waals surface area contributed by atoms with Gasteiger partial charge in [0.1, 0.15) is 11.6 Å². The highest BCUT2D eigenvalue weighted by atomic mass is 35.5. The molecular formula is C29H26ClFN6O2S2. The molecule has 0 radical (unpaired) electrons. The summed E-state index contributed by atoms with van der Waals surface area (Å²) >= 11 is 8.83. The topological polar surface area (TPSA) is 125 Å². The summed E-state index contributed by atoms with van der Waals surface area (Å²) in [5, 5.41) is 22.1. The molecule has 0 saturated heterocycles. The fraction of sp³-hybridized carbons (Fsp3) is 0.276. The van der Waals surface area contributed by atoms with Gasteiger partial charge in [-0.3, -0.25) is 14.5 Å². The van der Waals surface area contributed by atoms with E-state index in [4.69, 9.17) is 17.3 Å². The number of anilines is 2. The zero-order valence-electron chi connectivity index (χ0n) is 22.5. The van der Waals surface area contributed by atoms with E-state index in [-0.39, 0.29) is 51.4 Å². The molecule has 2 aromatic carbocycles. The molecular weight excluding hydrogens is 583 g/mol. The third-order valence-corrected chi connectivity index (χ3v) is 9.37. The Labute approximate surface area is 250 Å². The van der Waals surface area contributed by atoms with Crippen LogP contribution >= 0.6 is 34.7 Å². The number of nitrogens with two attached hydrogens (primary N) is 1. The highest BCUT2D eigenvalue weighted by molar-refractivity contribution is 8.01. The van der Waals surface area contributed by atoms with Gasteiger partial charge in [-0.2, -0.15) is 5.26 Å². The maximum Gasteiger partial charge on any atom is 0.234 e. The number of para-hydroxylation sites is 1. The highest BCUT2D eigenvalue weighted by Crippen LogP contribution is 2.52. The lowest BCUT2D eigenvalue weighted by molar-refractivity contribution is -0.118. The molecule has 0 bridgehead atoms. The van der Waals surface area contributed by atoms with E-state index in [1.54, 1.807) is 4.90 Å². The van der Waals surface area contributed by atoms with Crippen molar-refractivity contribution >= 4 is 57.2 Å². The Morgan fingerprint density at radius 1 is 1.27 bits per heavy atom. The number of halogens is 2. The van der Waals surface area contributed by atoms with Crippen molar-refractivity contribution in [1.29, 1.82) is 5.26 Å². The van der Waals surface area contributed by atoms with E-state index < -0.39 is 17.2 Å². The second kappa shape index (κ2) is 11.3. The van der Waals surface area contributed by atoms with Gasteiger partial charge in [-0.05, 0) is 42.5 Å². The minimum Gasteiger partial charge on any atom is -0.384 e. The average Bonchev–Trinajstić information content (AvgIpc) is 3.36. The van der Waals surface area contributed by atoms with Gasteiger partial charge < -0.3 is 11.1 Å². The SMILES string of the molecule is Cc1ccccc1NC(=O)CSc1nnc(N2C(N)=C(C#N)C(c3c(F)cccc3Cl)C3=C2CC(C)(C)CC3=O)s1. The first-order chi connectivity index (χ1) is 19.5. The predicted octanol–water partition coefficient (Wildman–Crippen LogP) is 6.31. The summed E-state index contributed by atoms with van der Waals surface area (Å²) in [6, 6.07) is 13.8. The number of nitrogens with one attached hydrogen (secondary N) is 1. The number of thioether (sulfide) groups is 1. The molecule has 2 heterocycles. The van der Waals surface area contributed by atoms with Crippen LogP contribution in [-0.2, 0) is 9.59 Å². The highest BCUT2D eigenvalue weighted by Gasteiger charge is 2.46. The zero-order chi connectivity index (χ0) is 29.5. The maximum absolute atomic E-state index is 15.2. The van der Waals surface area contributed by atoms with E-state index >= 15 is 4.39 Å². The zero-order valence-corrected chi connectivity index (χ0v) is 24.9. The lowest BCUT2D eigenvalue weighted by Crippen LogP contribution is -2.42. The molecule has 0 spiro atoms. The van der Waals surface area contributed by atoms with Crippen LogP contribution in [0.25, 0.3) is 0 Å². The number of ketones is 1. The van der Waals surface area contributed by atoms with Crippen molar-refractivity contribution in [2.75, 3.05) is 16.0 Å². The number of benzene rings is 2. The van der Waals surface area contributed by atoms with Crippen molar-refractivity contribution in [3.8, 4) is 6.07 Å². The van der Waals surface area contributed by atoms with Crippen LogP contribution < -0.4 is 16.0 Å². The number of amides is 1. The minimum absolute atomic E-state index is 0.00539. The van der Waals surface area contributed by atoms with E-state index in [0.29, 0.717) is 21.6 Å². The van der Waals surface area contributed by atoms with Crippen molar-refractivity contribution < 1.29 is 14.0 Å². The molecule has 1 amide bonds. The van der Waals surface area contributed by atoms with Gasteiger partial charge in [-0.25, -0.2) is 4.39 Å². The van der Waals surface area contributed by atoms with Crippen molar-refractivity contribution in [2.45, 2.75) is 43.9 Å². The van der Waals surface area contributed by atoms with E-state index in [1.165, 1.54) is 41.3 Å². The van der Waals surface area contributed by atoms with Crippen LogP contribution in [0.2, 0.25) is 5.02 Å². The first kappa shape index (κ1) is 28.8. The molecule has 12 heteroatoms. The number of allylic oxidation sites excluding steroid dienone is 3. The van der Waals surface area contributed by atoms with Gasteiger partial charge >= 0.3 is 0 Å². The molecule has 1 unspecified atom stereocenters. The molecule has 3 aromatic rings. The molecule has 8 nitrogen and oxygen atoms in total. The molecule has 5 rings (SSSR count). The van der Waals surface area contributed by atoms with Gasteiger partial charge in [0.25, 0.3) is 0 Å². The van der Waals surface area contributed by atoms with Crippen LogP contribution in [0.1, 0.15) is 43.7 Å². The molecule has 1 atom stereocenters. The Kier molecular flexibility index (Phi) is 7.92. The van der Waals surface area contributed by atoms with E-state index in [0.717, 1.165) is 11.3 Å². The van der Waals surface area contributed by atoms with Crippen molar-refractivity contribution in [2.24, 2.45) is 11.1 Å². The number of hydrogen-bond acceptors (Lipinski definition) is 9. The minimum atomic E-state index is -1.05. The fourth-order valence-electron chi connectivity index (χ4n) is 5.18. The molecule has 3 N–H and O–H groups in total. The van der Waals surface area contributed by atoms with Gasteiger partial charge in [0.15, 0.2) is 10.1 Å². The number of Topliss-reactive ketones (excluding diaryl/α,β-unsaturated/α-hetero) is 1. The number of aromatic nitrogens is 2. The maximum atomic E-state index is 15.2. The Balaban J connectivity index is 1.50. The standard InChI is InChI=1S/C29H26ClFN6O2S2/c1-15-7-4-5-10-19(15)34-22(39)14-40-28-36-35-27(41-28)37-20-11-29(2,3)12-21(38)25(20)23(16(13-32)26(37)33)24-17(30)8-6-9-18(24)31/h4-10,23H,11-12,14,33H2,1-3H3,(H,34,39). The van der Waals surface area contributed by atoms with Crippen LogP contribution in [0, 0.1) is 29.5 Å². The van der Waals surface area contributed by atoms with Gasteiger partial charge in [0, 0.05) is 34.0 Å². The summed E-state index contributed by atoms with van der Waals surface area (Å²) in [4.78, 5) is 27.8. The Bertz CT molecular complexity index is 1660. The van der Waals surface area contributed by atoms with Gasteiger partial charge in [0.2, 0.25) is 11.0 Å². The Morgan fingerprint density at radius 3 is 2.73 bits per heavy atom. The molecule has 1 aliphatic heterocycles. The van der Waals surface area contributed by atoms with Crippen LogP contribution in [0.4, 0.5) is 15.2 Å². The smallest absolute Gasteiger partial charge is 0.234 e. The van der Waals surface area contributed by atoms with Crippen molar-refractivity contribution in [1.82, 2.24) is 10.2 Å². The number of carbonyl (C=O) groups is 2. The molecule has 41 heavy (non-hydrogen) atoms. The first-order valence-electron chi connectivity index (χ1n) is 12.7. The third kappa shape index (κ3) is 5.60. The van der Waals surface area contributed by atoms with Crippen LogP contribution in [0.15, 0.2) is 69.5 Å². The van der Waals surface area contributed by atoms with Crippen molar-refractivity contribution in [3.63, 3.8) is 0 Å². The van der Waals surface area contributed by atoms with E-state index in [2.05, 4.69) is 21.6 Å². The quantitative estimate of drug-likeness (QED) is 0.312. The second-order valence-corrected chi connectivity index (χ2v) is 13.2. The number of hydrogen-bond donors (Lipinski definition) is 2. The van der Waals surface area contributed by atoms with Crippen LogP contribution in [-0.4, -0.2) is 27.6 Å². The lowest BCUT2D eigenvalue weighted by atomic mass is 9.68. The third-order valence-electron chi connectivity index (χ3n) is 7.00. The fourth-order valence-corrected chi connectivity index (χ4v) is 7.13. The van der Waals surface area contributed by atoms with Crippen LogP contribution in [0.3, 0.4) is 0 Å². The average molecular weight is 609 g/mol. The Hall–Kier alpha value is -3.72. The predicted molar refractivity (Wildman–Crippen MR) is 159 cm³/mol. The van der Waals surface area contributed by atoms with Gasteiger partial charge in [-0.15, -0.1) is 10.2 Å². The summed E-state index contributed by atoms with van der Waals surface area (Å²) < 4.78 is 15.7. The summed E-state index contributed by atoms with van der Waals surface area (Å²) in [6.45, 7) is 5.84. The van der Waals surface area contributed by atoms with E-state index in [1.807, 2.05) is 45.0 Å². The van der Waals surface area contributed by atoms with E-state index in [9.17, 15) is 14.9 Å². The summed E-state index contributed by atoms with van der Waals surface area (Å²) in [5.41, 5.74) is 8.75. The number of carbonyl (C=O) groups excluding carboxylic acids is 2. The number of nitrogens with zero attached hydrogens (tertiary/aromatic N) is 4. The lowest BCUT2D eigenvalue weighted by Gasteiger charge is -2.42.